The molecule has 1 aromatic rings. The van der Waals surface area contributed by atoms with Gasteiger partial charge in [-0.25, -0.2) is 0 Å². The van der Waals surface area contributed by atoms with E-state index in [1.165, 1.54) is 0 Å². The highest BCUT2D eigenvalue weighted by atomic mass is 35.5. The number of rotatable bonds is 3. The largest absolute Gasteiger partial charge is 0.320 e. The molecular formula is C6Cl3N3O6. The van der Waals surface area contributed by atoms with E-state index < -0.39 is 46.9 Å². The lowest BCUT2D eigenvalue weighted by molar-refractivity contribution is -0.402. The molecule has 0 saturated carbocycles. The van der Waals surface area contributed by atoms with Gasteiger partial charge in [-0.3, -0.25) is 30.3 Å². The maximum atomic E-state index is 10.7. The number of nitro benzene ring substituents is 3. The Balaban J connectivity index is 3.94. The first kappa shape index (κ1) is 14.4. The Morgan fingerprint density at radius 1 is 0.611 bits per heavy atom. The molecule has 0 aliphatic rings. The quantitative estimate of drug-likeness (QED) is 0.620. The van der Waals surface area contributed by atoms with E-state index in [0.717, 1.165) is 0 Å². The van der Waals surface area contributed by atoms with Crippen molar-refractivity contribution in [3.63, 3.8) is 0 Å². The van der Waals surface area contributed by atoms with Crippen molar-refractivity contribution < 1.29 is 14.8 Å². The van der Waals surface area contributed by atoms with Crippen LogP contribution >= 0.6 is 34.8 Å². The fraction of sp³-hybridized carbons (Fsp3) is 0. The predicted molar refractivity (Wildman–Crippen MR) is 61.4 cm³/mol. The van der Waals surface area contributed by atoms with Gasteiger partial charge in [0.2, 0.25) is 0 Å². The Bertz CT molecular complexity index is 486. The smallest absolute Gasteiger partial charge is 0.258 e. The van der Waals surface area contributed by atoms with Crippen LogP contribution in [0.25, 0.3) is 0 Å². The monoisotopic (exact) mass is 315 g/mol. The van der Waals surface area contributed by atoms with E-state index in [1.807, 2.05) is 0 Å². The summed E-state index contributed by atoms with van der Waals surface area (Å²) >= 11 is 16.2. The lowest BCUT2D eigenvalue weighted by atomic mass is 10.2. The van der Waals surface area contributed by atoms with Crippen molar-refractivity contribution in [3.8, 4) is 0 Å². The molecule has 1 rings (SSSR count). The van der Waals surface area contributed by atoms with Crippen molar-refractivity contribution in [2.24, 2.45) is 0 Å². The SMILES string of the molecule is O=[N+]([O-])c1c(Cl)c([N+](=O)[O-])c(Cl)c([N+](=O)[O-])c1Cl. The minimum absolute atomic E-state index is 0.967. The van der Waals surface area contributed by atoms with Gasteiger partial charge in [0.1, 0.15) is 0 Å². The molecule has 0 aromatic heterocycles. The van der Waals surface area contributed by atoms with Crippen molar-refractivity contribution >= 4 is 51.9 Å². The standard InChI is InChI=1S/C6Cl3N3O6/c7-1-4(10(13)14)2(8)6(12(17)18)3(9)5(1)11(15)16. The minimum Gasteiger partial charge on any atom is -0.258 e. The van der Waals surface area contributed by atoms with Gasteiger partial charge < -0.3 is 0 Å². The van der Waals surface area contributed by atoms with Crippen LogP contribution in [-0.4, -0.2) is 14.8 Å². The van der Waals surface area contributed by atoms with Crippen LogP contribution in [0, 0.1) is 30.3 Å². The Morgan fingerprint density at radius 3 is 0.889 bits per heavy atom. The van der Waals surface area contributed by atoms with Crippen LogP contribution in [0.15, 0.2) is 0 Å². The Kier molecular flexibility index (Phi) is 3.89. The first-order chi connectivity index (χ1) is 8.20. The van der Waals surface area contributed by atoms with Crippen molar-refractivity contribution in [2.45, 2.75) is 0 Å². The predicted octanol–water partition coefficient (Wildman–Crippen LogP) is 3.37. The van der Waals surface area contributed by atoms with Crippen molar-refractivity contribution in [1.82, 2.24) is 0 Å². The molecule has 0 spiro atoms. The van der Waals surface area contributed by atoms with Crippen molar-refractivity contribution in [3.05, 3.63) is 45.4 Å². The van der Waals surface area contributed by atoms with Crippen LogP contribution in [0.1, 0.15) is 0 Å². The van der Waals surface area contributed by atoms with Gasteiger partial charge in [-0.15, -0.1) is 0 Å². The highest BCUT2D eigenvalue weighted by Crippen LogP contribution is 2.50. The van der Waals surface area contributed by atoms with E-state index in [0.29, 0.717) is 0 Å². The maximum absolute atomic E-state index is 10.7. The van der Waals surface area contributed by atoms with Crippen LogP contribution in [-0.2, 0) is 0 Å². The summed E-state index contributed by atoms with van der Waals surface area (Å²) in [5.74, 6) is 0. The first-order valence-electron chi connectivity index (χ1n) is 3.83. The number of hydrogen-bond donors (Lipinski definition) is 0. The van der Waals surface area contributed by atoms with E-state index in [1.54, 1.807) is 0 Å². The van der Waals surface area contributed by atoms with Gasteiger partial charge in [-0.2, -0.15) is 0 Å². The third-order valence-corrected chi connectivity index (χ3v) is 2.87. The molecule has 0 bridgehead atoms. The molecule has 12 heteroatoms. The molecule has 0 fully saturated rings. The second-order valence-electron chi connectivity index (χ2n) is 2.76. The fourth-order valence-corrected chi connectivity index (χ4v) is 2.23. The Labute approximate surface area is 112 Å². The van der Waals surface area contributed by atoms with Gasteiger partial charge in [0.25, 0.3) is 0 Å². The molecule has 1 aromatic carbocycles. The van der Waals surface area contributed by atoms with Crippen LogP contribution < -0.4 is 0 Å². The number of hydrogen-bond acceptors (Lipinski definition) is 6. The molecule has 0 atom stereocenters. The average molecular weight is 316 g/mol. The van der Waals surface area contributed by atoms with Crippen molar-refractivity contribution in [2.75, 3.05) is 0 Å². The van der Waals surface area contributed by atoms with Gasteiger partial charge in [0.05, 0.1) is 14.8 Å². The molecule has 0 radical (unpaired) electrons. The summed E-state index contributed by atoms with van der Waals surface area (Å²) < 4.78 is 0. The molecule has 96 valence electrons. The molecule has 0 aliphatic carbocycles. The summed E-state index contributed by atoms with van der Waals surface area (Å²) in [6, 6.07) is 0. The Morgan fingerprint density at radius 2 is 0.778 bits per heavy atom. The molecule has 0 saturated heterocycles. The number of nitro groups is 3. The van der Waals surface area contributed by atoms with Crippen LogP contribution in [0.4, 0.5) is 17.1 Å². The maximum Gasteiger partial charge on any atom is 0.320 e. The van der Waals surface area contributed by atoms with E-state index >= 15 is 0 Å². The number of nitrogens with zero attached hydrogens (tertiary/aromatic N) is 3. The zero-order valence-corrected chi connectivity index (χ0v) is 10.2. The van der Waals surface area contributed by atoms with Crippen LogP contribution in [0.3, 0.4) is 0 Å². The lowest BCUT2D eigenvalue weighted by Crippen LogP contribution is -2.01. The molecule has 18 heavy (non-hydrogen) atoms. The van der Waals surface area contributed by atoms with Gasteiger partial charge in [-0.05, 0) is 0 Å². The molecule has 0 amide bonds. The lowest BCUT2D eigenvalue weighted by Gasteiger charge is -2.03. The second-order valence-corrected chi connectivity index (χ2v) is 3.89. The van der Waals surface area contributed by atoms with E-state index in [4.69, 9.17) is 34.8 Å². The van der Waals surface area contributed by atoms with Crippen LogP contribution in [0.2, 0.25) is 15.1 Å². The molecule has 9 nitrogen and oxygen atoms in total. The zero-order valence-electron chi connectivity index (χ0n) is 7.93. The average Bonchev–Trinajstić information content (AvgIpc) is 2.14. The molecule has 0 N–H and O–H groups in total. The summed E-state index contributed by atoms with van der Waals surface area (Å²) in [6.07, 6.45) is 0. The number of benzene rings is 1. The fourth-order valence-electron chi connectivity index (χ4n) is 1.11. The molecule has 0 heterocycles. The van der Waals surface area contributed by atoms with Gasteiger partial charge >= 0.3 is 17.1 Å². The summed E-state index contributed by atoms with van der Waals surface area (Å²) in [5, 5.41) is 29.1. The first-order valence-corrected chi connectivity index (χ1v) is 4.97. The summed E-state index contributed by atoms with van der Waals surface area (Å²) in [4.78, 5) is 28.5. The van der Waals surface area contributed by atoms with Gasteiger partial charge in [0.15, 0.2) is 15.1 Å². The van der Waals surface area contributed by atoms with E-state index in [9.17, 15) is 30.3 Å². The van der Waals surface area contributed by atoms with Gasteiger partial charge in [0, 0.05) is 0 Å². The summed E-state index contributed by atoms with van der Waals surface area (Å²) in [5.41, 5.74) is -3.41. The van der Waals surface area contributed by atoms with Gasteiger partial charge in [-0.1, -0.05) is 34.8 Å². The highest BCUT2D eigenvalue weighted by molar-refractivity contribution is 6.46. The normalized spacial score (nSPS) is 10.2. The number of halogens is 3. The molecule has 0 unspecified atom stereocenters. The third-order valence-electron chi connectivity index (χ3n) is 1.80. The molecular weight excluding hydrogens is 316 g/mol. The van der Waals surface area contributed by atoms with E-state index in [-0.39, 0.29) is 0 Å². The zero-order chi connectivity index (χ0) is 14.2. The highest BCUT2D eigenvalue weighted by Gasteiger charge is 2.40. The van der Waals surface area contributed by atoms with Crippen molar-refractivity contribution in [1.29, 1.82) is 0 Å². The second kappa shape index (κ2) is 4.88. The minimum atomic E-state index is -1.17. The topological polar surface area (TPSA) is 129 Å². The summed E-state index contributed by atoms with van der Waals surface area (Å²) in [6.45, 7) is 0. The third kappa shape index (κ3) is 2.15. The van der Waals surface area contributed by atoms with E-state index in [2.05, 4.69) is 0 Å². The van der Waals surface area contributed by atoms with Crippen LogP contribution in [0.5, 0.6) is 0 Å². The Hall–Kier alpha value is -1.71. The summed E-state index contributed by atoms with van der Waals surface area (Å²) in [7, 11) is 0. The molecule has 0 aliphatic heterocycles.